The van der Waals surface area contributed by atoms with E-state index in [-0.39, 0.29) is 0 Å². The lowest BCUT2D eigenvalue weighted by Gasteiger charge is -2.02. The van der Waals surface area contributed by atoms with Crippen molar-refractivity contribution in [2.24, 2.45) is 0 Å². The Morgan fingerprint density at radius 2 is 1.83 bits per heavy atom. The Kier molecular flexibility index (Phi) is 2.83. The Hall–Kier alpha value is -0.880. The Morgan fingerprint density at radius 1 is 1.33 bits per heavy atom. The van der Waals surface area contributed by atoms with Gasteiger partial charge in [0.1, 0.15) is 4.98 Å². The van der Waals surface area contributed by atoms with Gasteiger partial charge in [-0.3, -0.25) is 0 Å². The third-order valence-electron chi connectivity index (χ3n) is 1.89. The quantitative estimate of drug-likeness (QED) is 0.674. The number of benzene rings is 1. The molecule has 0 amide bonds. The minimum atomic E-state index is 0.380. The van der Waals surface area contributed by atoms with E-state index in [9.17, 15) is 0 Å². The van der Waals surface area contributed by atoms with E-state index >= 15 is 0 Å². The third kappa shape index (κ3) is 1.83. The van der Waals surface area contributed by atoms with Crippen molar-refractivity contribution in [1.82, 2.24) is 0 Å². The van der Waals surface area contributed by atoms with Crippen LogP contribution in [0.25, 0.3) is 4.98 Å². The van der Waals surface area contributed by atoms with Gasteiger partial charge in [0.2, 0.25) is 5.39 Å². The van der Waals surface area contributed by atoms with E-state index in [1.807, 2.05) is 26.0 Å². The van der Waals surface area contributed by atoms with Gasteiger partial charge < -0.3 is 0 Å². The minimum Gasteiger partial charge on any atom is -0.0508 e. The molecule has 0 unspecified atom stereocenters. The Morgan fingerprint density at radius 3 is 2.25 bits per heavy atom. The van der Waals surface area contributed by atoms with Crippen molar-refractivity contribution in [2.75, 3.05) is 0 Å². The Balaban J connectivity index is 3.21. The molecule has 0 heterocycles. The molecule has 1 aromatic carbocycles. The SMILES string of the molecule is Cc1cc(Br)cc(C)c1C[N+]#N. The first kappa shape index (κ1) is 9.21. The summed E-state index contributed by atoms with van der Waals surface area (Å²) in [7, 11) is 0. The van der Waals surface area contributed by atoms with Crippen LogP contribution in [0, 0.1) is 19.2 Å². The van der Waals surface area contributed by atoms with E-state index in [0.29, 0.717) is 6.54 Å². The molecule has 0 spiro atoms. The van der Waals surface area contributed by atoms with Crippen molar-refractivity contribution in [3.63, 3.8) is 0 Å². The smallest absolute Gasteiger partial charge is 0.0508 e. The molecule has 0 bridgehead atoms. The molecular formula is C9H10BrN2+. The van der Waals surface area contributed by atoms with Crippen molar-refractivity contribution in [1.29, 1.82) is 5.39 Å². The van der Waals surface area contributed by atoms with Crippen LogP contribution in [0.15, 0.2) is 16.6 Å². The fourth-order valence-corrected chi connectivity index (χ4v) is 1.95. The molecule has 0 aliphatic rings. The zero-order valence-corrected chi connectivity index (χ0v) is 8.72. The molecule has 0 atom stereocenters. The zero-order valence-electron chi connectivity index (χ0n) is 7.13. The van der Waals surface area contributed by atoms with Gasteiger partial charge in [0, 0.05) is 10.0 Å². The largest absolute Gasteiger partial charge is 0.331 e. The molecule has 0 saturated carbocycles. The maximum atomic E-state index is 8.45. The summed E-state index contributed by atoms with van der Waals surface area (Å²) in [5, 5.41) is 8.45. The first-order valence-corrected chi connectivity index (χ1v) is 4.51. The number of diazo groups is 1. The lowest BCUT2D eigenvalue weighted by atomic mass is 10.0. The topological polar surface area (TPSA) is 28.1 Å². The van der Waals surface area contributed by atoms with E-state index in [1.54, 1.807) is 0 Å². The van der Waals surface area contributed by atoms with Gasteiger partial charge in [0.15, 0.2) is 0 Å². The van der Waals surface area contributed by atoms with Crippen molar-refractivity contribution >= 4 is 15.9 Å². The molecule has 0 aromatic heterocycles. The van der Waals surface area contributed by atoms with Crippen molar-refractivity contribution < 1.29 is 0 Å². The third-order valence-corrected chi connectivity index (χ3v) is 2.35. The van der Waals surface area contributed by atoms with Crippen LogP contribution in [-0.2, 0) is 6.54 Å². The number of nitrogens with zero attached hydrogens (tertiary/aromatic N) is 2. The van der Waals surface area contributed by atoms with E-state index in [0.717, 1.165) is 21.2 Å². The molecule has 62 valence electrons. The number of hydrogen-bond donors (Lipinski definition) is 0. The van der Waals surface area contributed by atoms with Crippen LogP contribution in [0.1, 0.15) is 16.7 Å². The molecule has 0 N–H and O–H groups in total. The summed E-state index contributed by atoms with van der Waals surface area (Å²) in [6.07, 6.45) is 0. The summed E-state index contributed by atoms with van der Waals surface area (Å²) in [5.41, 5.74) is 3.40. The van der Waals surface area contributed by atoms with Crippen LogP contribution in [0.5, 0.6) is 0 Å². The predicted octanol–water partition coefficient (Wildman–Crippen LogP) is 3.42. The highest BCUT2D eigenvalue weighted by Crippen LogP contribution is 2.20. The lowest BCUT2D eigenvalue weighted by molar-refractivity contribution is 1.12. The van der Waals surface area contributed by atoms with E-state index in [4.69, 9.17) is 5.39 Å². The molecule has 0 saturated heterocycles. The van der Waals surface area contributed by atoms with Gasteiger partial charge in [-0.05, 0) is 37.1 Å². The molecule has 0 aliphatic heterocycles. The summed E-state index contributed by atoms with van der Waals surface area (Å²) < 4.78 is 1.07. The summed E-state index contributed by atoms with van der Waals surface area (Å²) in [6, 6.07) is 4.04. The molecule has 12 heavy (non-hydrogen) atoms. The predicted molar refractivity (Wildman–Crippen MR) is 52.4 cm³/mol. The Labute approximate surface area is 80.4 Å². The number of hydrogen-bond acceptors (Lipinski definition) is 1. The molecule has 1 aromatic rings. The average Bonchev–Trinajstić information content (AvgIpc) is 1.96. The van der Waals surface area contributed by atoms with Crippen molar-refractivity contribution in [3.05, 3.63) is 38.3 Å². The standard InChI is InChI=1S/C9H10BrN2/c1-6-3-8(10)4-7(2)9(6)5-12-11/h3-4H,5H2,1-2H3/q+1. The molecule has 0 radical (unpaired) electrons. The first-order chi connectivity index (χ1) is 5.65. The monoisotopic (exact) mass is 225 g/mol. The van der Waals surface area contributed by atoms with Crippen LogP contribution in [0.2, 0.25) is 0 Å². The van der Waals surface area contributed by atoms with Crippen molar-refractivity contribution in [3.8, 4) is 0 Å². The highest BCUT2D eigenvalue weighted by atomic mass is 79.9. The van der Waals surface area contributed by atoms with Gasteiger partial charge in [-0.15, -0.1) is 0 Å². The van der Waals surface area contributed by atoms with E-state index in [2.05, 4.69) is 20.9 Å². The second-order valence-electron chi connectivity index (χ2n) is 2.82. The van der Waals surface area contributed by atoms with Gasteiger partial charge in [-0.2, -0.15) is 0 Å². The van der Waals surface area contributed by atoms with Gasteiger partial charge in [-0.1, -0.05) is 15.9 Å². The van der Waals surface area contributed by atoms with Crippen LogP contribution >= 0.6 is 15.9 Å². The molecule has 3 heteroatoms. The van der Waals surface area contributed by atoms with Gasteiger partial charge in [0.05, 0.1) is 0 Å². The van der Waals surface area contributed by atoms with Gasteiger partial charge in [0.25, 0.3) is 0 Å². The minimum absolute atomic E-state index is 0.380. The fraction of sp³-hybridized carbons (Fsp3) is 0.333. The van der Waals surface area contributed by atoms with Crippen molar-refractivity contribution in [2.45, 2.75) is 20.4 Å². The first-order valence-electron chi connectivity index (χ1n) is 3.71. The van der Waals surface area contributed by atoms with Crippen LogP contribution in [-0.4, -0.2) is 0 Å². The van der Waals surface area contributed by atoms with Gasteiger partial charge in [-0.25, -0.2) is 0 Å². The van der Waals surface area contributed by atoms with Crippen LogP contribution in [0.3, 0.4) is 0 Å². The maximum Gasteiger partial charge on any atom is 0.331 e. The highest BCUT2D eigenvalue weighted by Gasteiger charge is 2.08. The zero-order chi connectivity index (χ0) is 9.14. The number of aryl methyl sites for hydroxylation is 2. The number of rotatable bonds is 1. The second kappa shape index (κ2) is 3.68. The number of halogens is 1. The van der Waals surface area contributed by atoms with Gasteiger partial charge >= 0.3 is 6.54 Å². The lowest BCUT2D eigenvalue weighted by Crippen LogP contribution is -1.90. The molecule has 1 rings (SSSR count). The van der Waals surface area contributed by atoms with E-state index in [1.165, 1.54) is 0 Å². The molecular weight excluding hydrogens is 216 g/mol. The summed E-state index contributed by atoms with van der Waals surface area (Å²) in [6.45, 7) is 4.40. The fourth-order valence-electron chi connectivity index (χ4n) is 1.26. The summed E-state index contributed by atoms with van der Waals surface area (Å²) >= 11 is 3.41. The molecule has 2 nitrogen and oxygen atoms in total. The Bertz CT molecular complexity index is 316. The summed E-state index contributed by atoms with van der Waals surface area (Å²) in [5.74, 6) is 0. The normalized spacial score (nSPS) is 9.50. The average molecular weight is 226 g/mol. The molecule has 0 fully saturated rings. The second-order valence-corrected chi connectivity index (χ2v) is 3.73. The van der Waals surface area contributed by atoms with Crippen LogP contribution < -0.4 is 0 Å². The highest BCUT2D eigenvalue weighted by molar-refractivity contribution is 9.10. The van der Waals surface area contributed by atoms with E-state index < -0.39 is 0 Å². The maximum absolute atomic E-state index is 8.45. The summed E-state index contributed by atoms with van der Waals surface area (Å²) in [4.78, 5) is 3.14. The van der Waals surface area contributed by atoms with Crippen LogP contribution in [0.4, 0.5) is 0 Å². The molecule has 0 aliphatic carbocycles.